The van der Waals surface area contributed by atoms with Gasteiger partial charge in [-0.25, -0.2) is 0 Å². The molecule has 0 aromatic heterocycles. The summed E-state index contributed by atoms with van der Waals surface area (Å²) in [5.41, 5.74) is 2.02. The third-order valence-corrected chi connectivity index (χ3v) is 6.15. The van der Waals surface area contributed by atoms with Gasteiger partial charge in [-0.3, -0.25) is 4.79 Å². The highest BCUT2D eigenvalue weighted by Crippen LogP contribution is 2.39. The summed E-state index contributed by atoms with van der Waals surface area (Å²) < 4.78 is 0. The number of nitrogens with zero attached hydrogens (tertiary/aromatic N) is 1. The zero-order valence-electron chi connectivity index (χ0n) is 14.9. The molecule has 0 aliphatic heterocycles. The molecule has 1 aliphatic carbocycles. The van der Waals surface area contributed by atoms with E-state index in [1.165, 1.54) is 36.6 Å². The number of benzene rings is 2. The van der Waals surface area contributed by atoms with Crippen molar-refractivity contribution in [2.45, 2.75) is 42.4 Å². The van der Waals surface area contributed by atoms with Crippen LogP contribution in [0, 0.1) is 11.3 Å². The fraction of sp³-hybridized carbons (Fsp3) is 0.364. The number of carbonyl (C=O) groups is 1. The number of thioether (sulfide) groups is 1. The summed E-state index contributed by atoms with van der Waals surface area (Å²) >= 11 is 1.41. The summed E-state index contributed by atoms with van der Waals surface area (Å²) in [4.78, 5) is 13.7. The van der Waals surface area contributed by atoms with Crippen molar-refractivity contribution < 1.29 is 4.79 Å². The van der Waals surface area contributed by atoms with Gasteiger partial charge < -0.3 is 5.32 Å². The first kappa shape index (κ1) is 18.5. The zero-order valence-corrected chi connectivity index (χ0v) is 15.7. The molecule has 1 fully saturated rings. The number of amides is 1. The normalized spacial score (nSPS) is 15.8. The Hall–Kier alpha value is -2.25. The van der Waals surface area contributed by atoms with Crippen LogP contribution in [-0.2, 0) is 5.41 Å². The maximum absolute atomic E-state index is 12.8. The first-order valence-corrected chi connectivity index (χ1v) is 10.2. The molecule has 0 bridgehead atoms. The summed E-state index contributed by atoms with van der Waals surface area (Å²) in [6.07, 6.45) is 5.92. The second-order valence-corrected chi connectivity index (χ2v) is 7.85. The van der Waals surface area contributed by atoms with Crippen molar-refractivity contribution in [3.63, 3.8) is 0 Å². The van der Waals surface area contributed by atoms with E-state index in [1.807, 2.05) is 30.3 Å². The first-order chi connectivity index (χ1) is 12.7. The Morgan fingerprint density at radius 1 is 1.04 bits per heavy atom. The Bertz CT molecular complexity index is 776. The maximum atomic E-state index is 12.8. The van der Waals surface area contributed by atoms with Crippen LogP contribution in [0.2, 0.25) is 0 Å². The molecule has 0 atom stereocenters. The molecule has 0 saturated heterocycles. The number of carbonyl (C=O) groups excluding carboxylic acids is 1. The highest BCUT2D eigenvalue weighted by Gasteiger charge is 2.34. The highest BCUT2D eigenvalue weighted by molar-refractivity contribution is 7.99. The minimum Gasteiger partial charge on any atom is -0.351 e. The number of rotatable bonds is 6. The van der Waals surface area contributed by atoms with E-state index in [0.29, 0.717) is 17.9 Å². The molecule has 1 N–H and O–H groups in total. The maximum Gasteiger partial charge on any atom is 0.252 e. The van der Waals surface area contributed by atoms with Gasteiger partial charge in [-0.15, -0.1) is 11.8 Å². The first-order valence-electron chi connectivity index (χ1n) is 9.18. The van der Waals surface area contributed by atoms with Crippen molar-refractivity contribution in [2.75, 3.05) is 12.3 Å². The van der Waals surface area contributed by atoms with Gasteiger partial charge in [0.1, 0.15) is 0 Å². The summed E-state index contributed by atoms with van der Waals surface area (Å²) in [5.74, 6) is 0.296. The van der Waals surface area contributed by atoms with E-state index in [-0.39, 0.29) is 11.3 Å². The topological polar surface area (TPSA) is 52.9 Å². The molecule has 1 saturated carbocycles. The summed E-state index contributed by atoms with van der Waals surface area (Å²) in [7, 11) is 0. The third-order valence-electron chi connectivity index (χ3n) is 5.21. The number of hydrogen-bond donors (Lipinski definition) is 1. The van der Waals surface area contributed by atoms with E-state index in [0.717, 1.165) is 17.7 Å². The second kappa shape index (κ2) is 8.91. The van der Waals surface area contributed by atoms with Crippen LogP contribution in [0.5, 0.6) is 0 Å². The summed E-state index contributed by atoms with van der Waals surface area (Å²) in [6.45, 7) is 0.660. The molecule has 3 nitrogen and oxygen atoms in total. The van der Waals surface area contributed by atoms with Crippen LogP contribution in [0.1, 0.15) is 48.0 Å². The minimum atomic E-state index is -0.0491. The standard InChI is InChI=1S/C22H24N2OS/c23-15-16-26-20-12-6-5-11-19(20)21(25)24-17-22(13-7-2-8-14-22)18-9-3-1-4-10-18/h1,3-6,9-12H,2,7-8,13-14,16-17H2,(H,24,25). The van der Waals surface area contributed by atoms with E-state index in [2.05, 4.69) is 35.7 Å². The van der Waals surface area contributed by atoms with Gasteiger partial charge in [-0.05, 0) is 30.5 Å². The Labute approximate surface area is 159 Å². The molecule has 0 spiro atoms. The van der Waals surface area contributed by atoms with Gasteiger partial charge in [0.2, 0.25) is 0 Å². The van der Waals surface area contributed by atoms with Gasteiger partial charge >= 0.3 is 0 Å². The number of hydrogen-bond acceptors (Lipinski definition) is 3. The van der Waals surface area contributed by atoms with Crippen molar-refractivity contribution in [1.29, 1.82) is 5.26 Å². The van der Waals surface area contributed by atoms with Crippen LogP contribution in [-0.4, -0.2) is 18.2 Å². The van der Waals surface area contributed by atoms with E-state index in [4.69, 9.17) is 5.26 Å². The summed E-state index contributed by atoms with van der Waals surface area (Å²) in [5, 5.41) is 12.0. The zero-order chi connectivity index (χ0) is 18.2. The molecule has 1 amide bonds. The Morgan fingerprint density at radius 2 is 1.73 bits per heavy atom. The van der Waals surface area contributed by atoms with Gasteiger partial charge in [0.05, 0.1) is 17.4 Å². The quantitative estimate of drug-likeness (QED) is 0.739. The molecule has 3 rings (SSSR count). The molecule has 2 aromatic rings. The molecule has 0 heterocycles. The van der Waals surface area contributed by atoms with Crippen LogP contribution >= 0.6 is 11.8 Å². The Balaban J connectivity index is 1.76. The SMILES string of the molecule is N#CCSc1ccccc1C(=O)NCC1(c2ccccc2)CCCCC1. The molecule has 134 valence electrons. The summed E-state index contributed by atoms with van der Waals surface area (Å²) in [6, 6.07) is 20.2. The molecule has 2 aromatic carbocycles. The van der Waals surface area contributed by atoms with Crippen molar-refractivity contribution in [2.24, 2.45) is 0 Å². The second-order valence-electron chi connectivity index (χ2n) is 6.83. The minimum absolute atomic E-state index is 0.0317. The molecular weight excluding hydrogens is 340 g/mol. The predicted octanol–water partition coefficient (Wildman–Crippen LogP) is 4.93. The number of nitriles is 1. The van der Waals surface area contributed by atoms with Crippen LogP contribution in [0.3, 0.4) is 0 Å². The smallest absolute Gasteiger partial charge is 0.252 e. The van der Waals surface area contributed by atoms with Crippen molar-refractivity contribution >= 4 is 17.7 Å². The fourth-order valence-corrected chi connectivity index (χ4v) is 4.53. The van der Waals surface area contributed by atoms with Gasteiger partial charge in [-0.2, -0.15) is 5.26 Å². The van der Waals surface area contributed by atoms with Crippen LogP contribution in [0.25, 0.3) is 0 Å². The predicted molar refractivity (Wildman–Crippen MR) is 106 cm³/mol. The molecule has 1 aliphatic rings. The molecule has 26 heavy (non-hydrogen) atoms. The molecule has 0 radical (unpaired) electrons. The van der Waals surface area contributed by atoms with Gasteiger partial charge in [0, 0.05) is 16.9 Å². The van der Waals surface area contributed by atoms with E-state index in [9.17, 15) is 4.79 Å². The van der Waals surface area contributed by atoms with Crippen LogP contribution < -0.4 is 5.32 Å². The van der Waals surface area contributed by atoms with Crippen LogP contribution in [0.4, 0.5) is 0 Å². The Morgan fingerprint density at radius 3 is 2.46 bits per heavy atom. The van der Waals surface area contributed by atoms with E-state index in [1.54, 1.807) is 0 Å². The lowest BCUT2D eigenvalue weighted by atomic mass is 9.69. The Kier molecular flexibility index (Phi) is 6.35. The highest BCUT2D eigenvalue weighted by atomic mass is 32.2. The largest absolute Gasteiger partial charge is 0.351 e. The van der Waals surface area contributed by atoms with Crippen molar-refractivity contribution in [1.82, 2.24) is 5.32 Å². The molecule has 4 heteroatoms. The van der Waals surface area contributed by atoms with Gasteiger partial charge in [0.15, 0.2) is 0 Å². The molecule has 0 unspecified atom stereocenters. The lowest BCUT2D eigenvalue weighted by Gasteiger charge is -2.38. The lowest BCUT2D eigenvalue weighted by molar-refractivity contribution is 0.0933. The molecular formula is C22H24N2OS. The van der Waals surface area contributed by atoms with Crippen LogP contribution in [0.15, 0.2) is 59.5 Å². The van der Waals surface area contributed by atoms with Gasteiger partial charge in [-0.1, -0.05) is 61.7 Å². The van der Waals surface area contributed by atoms with E-state index < -0.39 is 0 Å². The fourth-order valence-electron chi connectivity index (χ4n) is 3.82. The average Bonchev–Trinajstić information content (AvgIpc) is 2.72. The van der Waals surface area contributed by atoms with Gasteiger partial charge in [0.25, 0.3) is 5.91 Å². The van der Waals surface area contributed by atoms with Crippen molar-refractivity contribution in [3.05, 3.63) is 65.7 Å². The third kappa shape index (κ3) is 4.28. The number of nitrogens with one attached hydrogen (secondary N) is 1. The average molecular weight is 365 g/mol. The lowest BCUT2D eigenvalue weighted by Crippen LogP contribution is -2.42. The monoisotopic (exact) mass is 364 g/mol. The van der Waals surface area contributed by atoms with E-state index >= 15 is 0 Å². The van der Waals surface area contributed by atoms with Crippen molar-refractivity contribution in [3.8, 4) is 6.07 Å².